The summed E-state index contributed by atoms with van der Waals surface area (Å²) in [5, 5.41) is 0. The molecule has 0 saturated carbocycles. The number of rotatable bonds is 2. The number of likely N-dealkylation sites (tertiary alicyclic amines) is 1. The Hall–Kier alpha value is -0.0800. The van der Waals surface area contributed by atoms with Crippen molar-refractivity contribution in [2.45, 2.75) is 38.8 Å². The predicted octanol–water partition coefficient (Wildman–Crippen LogP) is 1.42. The van der Waals surface area contributed by atoms with E-state index in [2.05, 4.69) is 30.7 Å². The lowest BCUT2D eigenvalue weighted by molar-refractivity contribution is 0.0723. The summed E-state index contributed by atoms with van der Waals surface area (Å²) in [4.78, 5) is 5.25. The summed E-state index contributed by atoms with van der Waals surface area (Å²) in [6.45, 7) is 8.56. The molecule has 0 aliphatic carbocycles. The molecule has 2 rings (SSSR count). The number of piperazine rings is 1. The van der Waals surface area contributed by atoms with Gasteiger partial charge in [-0.2, -0.15) is 0 Å². The third-order valence-corrected chi connectivity index (χ3v) is 3.39. The van der Waals surface area contributed by atoms with Crippen LogP contribution in [-0.2, 0) is 0 Å². The van der Waals surface area contributed by atoms with E-state index in [-0.39, 0.29) is 0 Å². The zero-order chi connectivity index (χ0) is 9.42. The van der Waals surface area contributed by atoms with Crippen molar-refractivity contribution < 1.29 is 0 Å². The molecule has 2 atom stereocenters. The number of fused-ring (bicyclic) bond motifs is 2. The van der Waals surface area contributed by atoms with E-state index in [1.807, 2.05) is 0 Å². The number of likely N-dealkylation sites (N-methyl/N-ethyl adjacent to an activating group) is 1. The molecule has 2 nitrogen and oxygen atoms in total. The Balaban J connectivity index is 1.98. The third-order valence-electron chi connectivity index (χ3n) is 3.39. The van der Waals surface area contributed by atoms with Crippen LogP contribution in [-0.4, -0.2) is 48.6 Å². The largest absolute Gasteiger partial charge is 0.303 e. The smallest absolute Gasteiger partial charge is 0.0227 e. The summed E-state index contributed by atoms with van der Waals surface area (Å²) in [6.07, 6.45) is 2.86. The fourth-order valence-electron chi connectivity index (χ4n) is 2.92. The molecular weight excluding hydrogens is 160 g/mol. The van der Waals surface area contributed by atoms with Gasteiger partial charge in [-0.1, -0.05) is 13.8 Å². The lowest BCUT2D eigenvalue weighted by Crippen LogP contribution is -2.53. The second-order valence-electron chi connectivity index (χ2n) is 5.20. The van der Waals surface area contributed by atoms with Crippen LogP contribution in [0.2, 0.25) is 0 Å². The van der Waals surface area contributed by atoms with Crippen molar-refractivity contribution in [3.05, 3.63) is 0 Å². The summed E-state index contributed by atoms with van der Waals surface area (Å²) < 4.78 is 0. The van der Waals surface area contributed by atoms with Crippen molar-refractivity contribution in [2.24, 2.45) is 5.92 Å². The van der Waals surface area contributed by atoms with Crippen LogP contribution in [0.15, 0.2) is 0 Å². The van der Waals surface area contributed by atoms with Crippen molar-refractivity contribution in [1.82, 2.24) is 9.80 Å². The highest BCUT2D eigenvalue weighted by Gasteiger charge is 2.38. The standard InChI is InChI=1S/C11H22N2/c1-9(2)6-13-10-4-5-11(13)8-12(3)7-10/h9-11H,4-8H2,1-3H3/t10-,11+. The van der Waals surface area contributed by atoms with E-state index in [0.29, 0.717) is 0 Å². The lowest BCUT2D eigenvalue weighted by Gasteiger charge is -2.40. The first-order chi connectivity index (χ1) is 6.16. The predicted molar refractivity (Wildman–Crippen MR) is 55.9 cm³/mol. The molecule has 2 bridgehead atoms. The number of hydrogen-bond acceptors (Lipinski definition) is 2. The minimum absolute atomic E-state index is 0.825. The first-order valence-corrected chi connectivity index (χ1v) is 5.61. The van der Waals surface area contributed by atoms with Crippen LogP contribution in [0, 0.1) is 5.92 Å². The minimum Gasteiger partial charge on any atom is -0.303 e. The second-order valence-corrected chi connectivity index (χ2v) is 5.20. The Morgan fingerprint density at radius 3 is 2.15 bits per heavy atom. The van der Waals surface area contributed by atoms with Crippen molar-refractivity contribution in [3.63, 3.8) is 0 Å². The van der Waals surface area contributed by atoms with Gasteiger partial charge < -0.3 is 4.90 Å². The van der Waals surface area contributed by atoms with Crippen molar-refractivity contribution in [3.8, 4) is 0 Å². The first-order valence-electron chi connectivity index (χ1n) is 5.61. The monoisotopic (exact) mass is 182 g/mol. The maximum atomic E-state index is 2.75. The van der Waals surface area contributed by atoms with Gasteiger partial charge in [0.15, 0.2) is 0 Å². The SMILES string of the molecule is CC(C)CN1[C@@H]2CC[C@H]1CN(C)C2. The van der Waals surface area contributed by atoms with Crippen LogP contribution >= 0.6 is 0 Å². The molecule has 0 N–H and O–H groups in total. The molecule has 0 aromatic rings. The van der Waals surface area contributed by atoms with Gasteiger partial charge in [0, 0.05) is 31.7 Å². The average molecular weight is 182 g/mol. The highest BCUT2D eigenvalue weighted by Crippen LogP contribution is 2.29. The van der Waals surface area contributed by atoms with Crippen LogP contribution in [0.5, 0.6) is 0 Å². The molecule has 76 valence electrons. The van der Waals surface area contributed by atoms with Crippen LogP contribution in [0.3, 0.4) is 0 Å². The van der Waals surface area contributed by atoms with Gasteiger partial charge in [-0.25, -0.2) is 0 Å². The van der Waals surface area contributed by atoms with E-state index in [4.69, 9.17) is 0 Å². The summed E-state index contributed by atoms with van der Waals surface area (Å²) in [7, 11) is 2.26. The maximum absolute atomic E-state index is 2.75. The van der Waals surface area contributed by atoms with Gasteiger partial charge in [-0.05, 0) is 25.8 Å². The van der Waals surface area contributed by atoms with Crippen LogP contribution in [0.25, 0.3) is 0 Å². The molecule has 2 aliphatic heterocycles. The lowest BCUT2D eigenvalue weighted by atomic mass is 10.1. The van der Waals surface area contributed by atoms with E-state index in [1.165, 1.54) is 32.5 Å². The highest BCUT2D eigenvalue weighted by molar-refractivity contribution is 4.94. The highest BCUT2D eigenvalue weighted by atomic mass is 15.3. The topological polar surface area (TPSA) is 6.48 Å². The minimum atomic E-state index is 0.825. The van der Waals surface area contributed by atoms with Gasteiger partial charge in [0.05, 0.1) is 0 Å². The Labute approximate surface area is 81.9 Å². The van der Waals surface area contributed by atoms with E-state index in [0.717, 1.165) is 18.0 Å². The van der Waals surface area contributed by atoms with E-state index < -0.39 is 0 Å². The molecule has 0 aromatic carbocycles. The molecular formula is C11H22N2. The van der Waals surface area contributed by atoms with Crippen LogP contribution in [0.1, 0.15) is 26.7 Å². The van der Waals surface area contributed by atoms with E-state index in [1.54, 1.807) is 0 Å². The fraction of sp³-hybridized carbons (Fsp3) is 1.00. The van der Waals surface area contributed by atoms with Gasteiger partial charge in [-0.3, -0.25) is 4.90 Å². The summed E-state index contributed by atoms with van der Waals surface area (Å²) in [5.74, 6) is 0.825. The van der Waals surface area contributed by atoms with Crippen LogP contribution in [0.4, 0.5) is 0 Å². The van der Waals surface area contributed by atoms with E-state index in [9.17, 15) is 0 Å². The van der Waals surface area contributed by atoms with Crippen molar-refractivity contribution in [2.75, 3.05) is 26.7 Å². The average Bonchev–Trinajstić information content (AvgIpc) is 2.32. The van der Waals surface area contributed by atoms with Gasteiger partial charge in [0.25, 0.3) is 0 Å². The Morgan fingerprint density at radius 1 is 1.15 bits per heavy atom. The Morgan fingerprint density at radius 2 is 1.69 bits per heavy atom. The van der Waals surface area contributed by atoms with Gasteiger partial charge in [0.1, 0.15) is 0 Å². The molecule has 2 fully saturated rings. The molecule has 0 unspecified atom stereocenters. The molecule has 2 heterocycles. The first kappa shape index (κ1) is 9.47. The molecule has 2 aliphatic rings. The van der Waals surface area contributed by atoms with Gasteiger partial charge in [-0.15, -0.1) is 0 Å². The third kappa shape index (κ3) is 1.89. The molecule has 0 radical (unpaired) electrons. The van der Waals surface area contributed by atoms with Crippen molar-refractivity contribution in [1.29, 1.82) is 0 Å². The normalized spacial score (nSPS) is 36.0. The molecule has 2 heteroatoms. The number of nitrogens with zero attached hydrogens (tertiary/aromatic N) is 2. The Bertz CT molecular complexity index is 165. The fourth-order valence-corrected chi connectivity index (χ4v) is 2.92. The van der Waals surface area contributed by atoms with E-state index >= 15 is 0 Å². The van der Waals surface area contributed by atoms with Crippen LogP contribution < -0.4 is 0 Å². The zero-order valence-corrected chi connectivity index (χ0v) is 9.16. The summed E-state index contributed by atoms with van der Waals surface area (Å²) in [6, 6.07) is 1.73. The zero-order valence-electron chi connectivity index (χ0n) is 9.16. The van der Waals surface area contributed by atoms with Gasteiger partial charge >= 0.3 is 0 Å². The number of hydrogen-bond donors (Lipinski definition) is 0. The van der Waals surface area contributed by atoms with Crippen molar-refractivity contribution >= 4 is 0 Å². The quantitative estimate of drug-likeness (QED) is 0.637. The molecule has 13 heavy (non-hydrogen) atoms. The molecule has 0 amide bonds. The second kappa shape index (κ2) is 3.58. The summed E-state index contributed by atoms with van der Waals surface area (Å²) in [5.41, 5.74) is 0. The molecule has 2 saturated heterocycles. The molecule has 0 spiro atoms. The maximum Gasteiger partial charge on any atom is 0.0227 e. The Kier molecular flexibility index (Phi) is 2.61. The molecule has 0 aromatic heterocycles. The summed E-state index contributed by atoms with van der Waals surface area (Å²) >= 11 is 0. The van der Waals surface area contributed by atoms with Gasteiger partial charge in [0.2, 0.25) is 0 Å².